The molecule has 0 amide bonds. The Labute approximate surface area is 160 Å². The van der Waals surface area contributed by atoms with E-state index >= 15 is 0 Å². The first-order valence-corrected chi connectivity index (χ1v) is 10.7. The lowest BCUT2D eigenvalue weighted by Gasteiger charge is -2.65. The SMILES string of the molecule is C[N@+]1(CC2CCC2)CC[C@]23c4c5ccc(O)c4OC2[C@H](O)CC[C@]3(O)[C@H]1C5. The summed E-state index contributed by atoms with van der Waals surface area (Å²) in [6.45, 7) is 2.15. The summed E-state index contributed by atoms with van der Waals surface area (Å²) in [6.07, 6.45) is 5.78. The molecule has 1 aromatic carbocycles. The van der Waals surface area contributed by atoms with Crippen molar-refractivity contribution in [1.29, 1.82) is 0 Å². The molecule has 3 N–H and O–H groups in total. The molecule has 1 aromatic rings. The third-order valence-corrected chi connectivity index (χ3v) is 8.98. The number of aromatic hydroxyl groups is 1. The van der Waals surface area contributed by atoms with Gasteiger partial charge in [-0.1, -0.05) is 12.5 Å². The monoisotopic (exact) mass is 372 g/mol. The number of aliphatic hydroxyl groups is 2. The number of rotatable bonds is 2. The van der Waals surface area contributed by atoms with Gasteiger partial charge >= 0.3 is 0 Å². The summed E-state index contributed by atoms with van der Waals surface area (Å²) in [5, 5.41) is 33.5. The number of phenols is 1. The minimum atomic E-state index is -0.875. The topological polar surface area (TPSA) is 69.9 Å². The summed E-state index contributed by atoms with van der Waals surface area (Å²) in [6, 6.07) is 3.88. The molecule has 2 bridgehead atoms. The molecule has 2 heterocycles. The van der Waals surface area contributed by atoms with E-state index in [9.17, 15) is 15.3 Å². The van der Waals surface area contributed by atoms with Crippen molar-refractivity contribution in [3.63, 3.8) is 0 Å². The first-order chi connectivity index (χ1) is 12.9. The van der Waals surface area contributed by atoms with Gasteiger partial charge in [0.05, 0.1) is 31.7 Å². The van der Waals surface area contributed by atoms with Crippen molar-refractivity contribution in [2.24, 2.45) is 5.92 Å². The summed E-state index contributed by atoms with van der Waals surface area (Å²) < 4.78 is 7.13. The highest BCUT2D eigenvalue weighted by molar-refractivity contribution is 5.62. The summed E-state index contributed by atoms with van der Waals surface area (Å²) in [5.41, 5.74) is 0.750. The lowest BCUT2D eigenvalue weighted by molar-refractivity contribution is -0.952. The van der Waals surface area contributed by atoms with Gasteiger partial charge in [0, 0.05) is 24.3 Å². The third-order valence-electron chi connectivity index (χ3n) is 8.98. The minimum absolute atomic E-state index is 0.133. The van der Waals surface area contributed by atoms with Crippen LogP contribution in [0, 0.1) is 5.92 Å². The Hall–Kier alpha value is -1.30. The Morgan fingerprint density at radius 2 is 2.04 bits per heavy atom. The zero-order valence-corrected chi connectivity index (χ0v) is 16.0. The van der Waals surface area contributed by atoms with Crippen molar-refractivity contribution in [3.8, 4) is 11.5 Å². The Kier molecular flexibility index (Phi) is 3.08. The first kappa shape index (κ1) is 16.6. The lowest BCUT2D eigenvalue weighted by atomic mass is 9.48. The molecule has 3 aliphatic carbocycles. The van der Waals surface area contributed by atoms with Crippen LogP contribution in [-0.2, 0) is 11.8 Å². The van der Waals surface area contributed by atoms with Crippen LogP contribution in [-0.4, -0.2) is 63.8 Å². The highest BCUT2D eigenvalue weighted by atomic mass is 16.5. The predicted molar refractivity (Wildman–Crippen MR) is 99.8 cm³/mol. The number of likely N-dealkylation sites (tertiary alicyclic amines) is 1. The fourth-order valence-electron chi connectivity index (χ4n) is 7.51. The highest BCUT2D eigenvalue weighted by Crippen LogP contribution is 2.66. The number of ether oxygens (including phenoxy) is 1. The number of benzene rings is 1. The van der Waals surface area contributed by atoms with Crippen LogP contribution >= 0.6 is 0 Å². The fourth-order valence-corrected chi connectivity index (χ4v) is 7.51. The normalized spacial score (nSPS) is 47.1. The van der Waals surface area contributed by atoms with E-state index in [-0.39, 0.29) is 11.8 Å². The standard InChI is InChI=1S/C22H29NO4/c1-23(12-13-3-2-4-13)10-9-21-18-14-5-6-15(24)19(18)27-20(21)16(25)7-8-22(21,26)17(23)11-14/h5-6,13,16-17,20,25-26H,2-4,7-12H2,1H3/p+1/t16-,17-,20?,21+,22+,23-/m1/s1. The van der Waals surface area contributed by atoms with Crippen LogP contribution in [0.3, 0.4) is 0 Å². The van der Waals surface area contributed by atoms with Crippen molar-refractivity contribution < 1.29 is 24.5 Å². The van der Waals surface area contributed by atoms with Gasteiger partial charge in [-0.15, -0.1) is 0 Å². The molecule has 2 aliphatic heterocycles. The van der Waals surface area contributed by atoms with Crippen LogP contribution in [0.2, 0.25) is 0 Å². The van der Waals surface area contributed by atoms with Crippen molar-refractivity contribution >= 4 is 0 Å². The second kappa shape index (κ2) is 5.00. The summed E-state index contributed by atoms with van der Waals surface area (Å²) >= 11 is 0. The van der Waals surface area contributed by atoms with Crippen LogP contribution < -0.4 is 4.74 Å². The zero-order valence-electron chi connectivity index (χ0n) is 16.0. The smallest absolute Gasteiger partial charge is 0.165 e. The zero-order chi connectivity index (χ0) is 18.6. The van der Waals surface area contributed by atoms with Gasteiger partial charge in [-0.3, -0.25) is 0 Å². The Morgan fingerprint density at radius 3 is 2.78 bits per heavy atom. The predicted octanol–water partition coefficient (Wildman–Crippen LogP) is 1.85. The van der Waals surface area contributed by atoms with Gasteiger partial charge in [0.1, 0.15) is 17.7 Å². The Bertz CT molecular complexity index is 823. The van der Waals surface area contributed by atoms with Gasteiger partial charge < -0.3 is 24.5 Å². The van der Waals surface area contributed by atoms with Gasteiger partial charge in [-0.25, -0.2) is 0 Å². The van der Waals surface area contributed by atoms with Gasteiger partial charge in [-0.2, -0.15) is 0 Å². The summed E-state index contributed by atoms with van der Waals surface area (Å²) in [5.74, 6) is 1.45. The molecule has 6 atom stereocenters. The maximum atomic E-state index is 12.3. The van der Waals surface area contributed by atoms with E-state index in [0.717, 1.165) is 41.9 Å². The molecule has 5 aliphatic rings. The molecule has 2 saturated carbocycles. The van der Waals surface area contributed by atoms with Gasteiger partial charge in [0.2, 0.25) is 0 Å². The number of phenolic OH excluding ortho intramolecular Hbond substituents is 1. The second-order valence-corrected chi connectivity index (χ2v) is 10.1. The maximum Gasteiger partial charge on any atom is 0.165 e. The van der Waals surface area contributed by atoms with Crippen molar-refractivity contribution in [2.45, 2.75) is 74.2 Å². The van der Waals surface area contributed by atoms with E-state index in [1.165, 1.54) is 24.8 Å². The van der Waals surface area contributed by atoms with Crippen LogP contribution in [0.25, 0.3) is 0 Å². The number of likely N-dealkylation sites (N-methyl/N-ethyl adjacent to an activating group) is 1. The fraction of sp³-hybridized carbons (Fsp3) is 0.727. The van der Waals surface area contributed by atoms with Crippen LogP contribution in [0.5, 0.6) is 11.5 Å². The van der Waals surface area contributed by atoms with Crippen molar-refractivity contribution in [1.82, 2.24) is 0 Å². The van der Waals surface area contributed by atoms with E-state index in [2.05, 4.69) is 7.05 Å². The molecule has 0 radical (unpaired) electrons. The molecule has 146 valence electrons. The van der Waals surface area contributed by atoms with Crippen molar-refractivity contribution in [2.75, 3.05) is 20.1 Å². The Morgan fingerprint density at radius 1 is 1.22 bits per heavy atom. The molecule has 1 unspecified atom stereocenters. The Balaban J connectivity index is 1.55. The molecule has 27 heavy (non-hydrogen) atoms. The van der Waals surface area contributed by atoms with Gasteiger partial charge in [0.15, 0.2) is 11.5 Å². The first-order valence-electron chi connectivity index (χ1n) is 10.7. The molecule has 5 heteroatoms. The van der Waals surface area contributed by atoms with Gasteiger partial charge in [0.25, 0.3) is 0 Å². The van der Waals surface area contributed by atoms with E-state index in [4.69, 9.17) is 4.74 Å². The second-order valence-electron chi connectivity index (χ2n) is 10.1. The largest absolute Gasteiger partial charge is 0.504 e. The van der Waals surface area contributed by atoms with E-state index < -0.39 is 23.2 Å². The third kappa shape index (κ3) is 1.77. The molecule has 5 nitrogen and oxygen atoms in total. The lowest BCUT2D eigenvalue weighted by Crippen LogP contribution is -2.81. The molecular formula is C22H30NO4+. The summed E-state index contributed by atoms with van der Waals surface area (Å²) in [4.78, 5) is 0. The van der Waals surface area contributed by atoms with E-state index in [0.29, 0.717) is 18.6 Å². The van der Waals surface area contributed by atoms with Gasteiger partial charge in [-0.05, 0) is 37.3 Å². The number of piperidine rings is 1. The van der Waals surface area contributed by atoms with Crippen molar-refractivity contribution in [3.05, 3.63) is 23.3 Å². The molecule has 1 saturated heterocycles. The average Bonchev–Trinajstić information content (AvgIpc) is 2.97. The average molecular weight is 372 g/mol. The number of nitrogens with zero attached hydrogens (tertiary/aromatic N) is 1. The minimum Gasteiger partial charge on any atom is -0.504 e. The molecule has 1 spiro atoms. The van der Waals surface area contributed by atoms with Crippen LogP contribution in [0.4, 0.5) is 0 Å². The van der Waals surface area contributed by atoms with Crippen LogP contribution in [0.15, 0.2) is 12.1 Å². The number of aliphatic hydroxyl groups excluding tert-OH is 1. The quantitative estimate of drug-likeness (QED) is 0.693. The summed E-state index contributed by atoms with van der Waals surface area (Å²) in [7, 11) is 2.34. The highest BCUT2D eigenvalue weighted by Gasteiger charge is 2.76. The maximum absolute atomic E-state index is 12.3. The molecular weight excluding hydrogens is 342 g/mol. The van der Waals surface area contributed by atoms with E-state index in [1.54, 1.807) is 6.07 Å². The van der Waals surface area contributed by atoms with Crippen LogP contribution in [0.1, 0.15) is 49.7 Å². The molecule has 3 fully saturated rings. The number of hydrogen-bond donors (Lipinski definition) is 3. The number of hydrogen-bond acceptors (Lipinski definition) is 4. The van der Waals surface area contributed by atoms with E-state index in [1.807, 2.05) is 6.07 Å². The molecule has 6 rings (SSSR count). The molecule has 0 aromatic heterocycles. The number of quaternary nitrogens is 1.